The summed E-state index contributed by atoms with van der Waals surface area (Å²) in [4.78, 5) is 22.7. The Morgan fingerprint density at radius 2 is 1.37 bits per heavy atom. The highest BCUT2D eigenvalue weighted by molar-refractivity contribution is 5.99. The monoisotopic (exact) mass is 396 g/mol. The van der Waals surface area contributed by atoms with E-state index >= 15 is 0 Å². The fourth-order valence-electron chi connectivity index (χ4n) is 3.22. The van der Waals surface area contributed by atoms with Gasteiger partial charge in [0.25, 0.3) is 0 Å². The number of fused-ring (bicyclic) bond motifs is 8. The van der Waals surface area contributed by atoms with Crippen LogP contribution in [0.4, 0.5) is 23.3 Å². The lowest BCUT2D eigenvalue weighted by Crippen LogP contribution is -2.35. The van der Waals surface area contributed by atoms with Gasteiger partial charge in [-0.15, -0.1) is 0 Å². The quantitative estimate of drug-likeness (QED) is 0.712. The molecule has 0 atom stereocenters. The first-order valence-electron chi connectivity index (χ1n) is 9.55. The fraction of sp³-hybridized carbons (Fsp3) is 0.0909. The minimum absolute atomic E-state index is 0.599. The summed E-state index contributed by atoms with van der Waals surface area (Å²) in [5.41, 5.74) is 0. The van der Waals surface area contributed by atoms with Crippen LogP contribution in [0.5, 0.6) is 0 Å². The summed E-state index contributed by atoms with van der Waals surface area (Å²) in [6.45, 7) is 0. The molecule has 0 aliphatic carbocycles. The van der Waals surface area contributed by atoms with Crippen LogP contribution in [-0.2, 0) is 0 Å². The van der Waals surface area contributed by atoms with Crippen LogP contribution in [0.15, 0.2) is 94.5 Å². The van der Waals surface area contributed by atoms with Crippen molar-refractivity contribution in [3.05, 3.63) is 84.5 Å². The molecule has 30 heavy (non-hydrogen) atoms. The number of hydrogen-bond donors (Lipinski definition) is 2. The number of nitrogens with one attached hydrogen (secondary N) is 2. The lowest BCUT2D eigenvalue weighted by Gasteiger charge is -2.26. The first kappa shape index (κ1) is 17.9. The Labute approximate surface area is 174 Å². The molecule has 5 rings (SSSR count). The Kier molecular flexibility index (Phi) is 4.36. The molecule has 0 radical (unpaired) electrons. The van der Waals surface area contributed by atoms with Crippen molar-refractivity contribution in [2.45, 2.75) is 0 Å². The molecule has 2 aromatic heterocycles. The molecular formula is C22H20N8. The zero-order valence-corrected chi connectivity index (χ0v) is 16.6. The fourth-order valence-corrected chi connectivity index (χ4v) is 3.22. The number of anilines is 3. The van der Waals surface area contributed by atoms with Gasteiger partial charge in [-0.25, -0.2) is 20.0 Å². The Morgan fingerprint density at radius 1 is 0.700 bits per heavy atom. The van der Waals surface area contributed by atoms with Crippen molar-refractivity contribution in [3.63, 3.8) is 0 Å². The summed E-state index contributed by atoms with van der Waals surface area (Å²) in [5.74, 6) is 5.88. The van der Waals surface area contributed by atoms with Crippen molar-refractivity contribution in [3.8, 4) is 0 Å². The summed E-state index contributed by atoms with van der Waals surface area (Å²) in [7, 11) is 3.91. The number of rotatable bonds is 0. The molecule has 5 heterocycles. The number of aliphatic imine (C=N–C) groups is 2. The van der Waals surface area contributed by atoms with Gasteiger partial charge in [-0.2, -0.15) is 0 Å². The molecule has 0 amide bonds. The molecule has 2 aromatic rings. The molecular weight excluding hydrogens is 376 g/mol. The highest BCUT2D eigenvalue weighted by atomic mass is 15.3. The number of aromatic nitrogens is 2. The molecule has 3 aliphatic heterocycles. The summed E-state index contributed by atoms with van der Waals surface area (Å²) in [6, 6.07) is 11.6. The molecule has 0 spiro atoms. The number of amidine groups is 2. The van der Waals surface area contributed by atoms with E-state index in [0.29, 0.717) is 23.3 Å². The molecule has 148 valence electrons. The largest absolute Gasteiger partial charge is 0.326 e. The standard InChI is InChI=1S/C22H20N8/c1-29-19-11-4-9-17(26-19)24-15-7-3-8-16(23-15)25-18-10-5-12-20(27-18)30(2)22-14-6-13-21(29)28-22/h3-14H,1-2H3,(H2,23,24,25,26,27). The van der Waals surface area contributed by atoms with Crippen LogP contribution in [0.2, 0.25) is 0 Å². The van der Waals surface area contributed by atoms with E-state index in [9.17, 15) is 0 Å². The molecule has 8 bridgehead atoms. The summed E-state index contributed by atoms with van der Waals surface area (Å²) in [6.07, 6.45) is 11.6. The van der Waals surface area contributed by atoms with Crippen LogP contribution < -0.4 is 20.4 Å². The minimum atomic E-state index is 0.599. The van der Waals surface area contributed by atoms with E-state index in [1.807, 2.05) is 96.7 Å². The maximum absolute atomic E-state index is 4.82. The Hall–Kier alpha value is -4.20. The number of hydrogen-bond acceptors (Lipinski definition) is 8. The van der Waals surface area contributed by atoms with E-state index in [1.54, 1.807) is 0 Å². The van der Waals surface area contributed by atoms with Gasteiger partial charge in [0.1, 0.15) is 40.8 Å². The van der Waals surface area contributed by atoms with E-state index in [2.05, 4.69) is 25.6 Å². The molecule has 8 heteroatoms. The van der Waals surface area contributed by atoms with Crippen molar-refractivity contribution in [2.75, 3.05) is 23.9 Å². The number of pyridine rings is 2. The van der Waals surface area contributed by atoms with E-state index < -0.39 is 0 Å². The minimum Gasteiger partial charge on any atom is -0.326 e. The van der Waals surface area contributed by atoms with E-state index in [-0.39, 0.29) is 0 Å². The van der Waals surface area contributed by atoms with Crippen LogP contribution in [-0.4, -0.2) is 35.7 Å². The predicted octanol–water partition coefficient (Wildman–Crippen LogP) is 3.12. The molecule has 0 saturated carbocycles. The van der Waals surface area contributed by atoms with Crippen molar-refractivity contribution >= 4 is 34.9 Å². The van der Waals surface area contributed by atoms with Gasteiger partial charge in [-0.3, -0.25) is 0 Å². The lowest BCUT2D eigenvalue weighted by atomic mass is 10.3. The van der Waals surface area contributed by atoms with Crippen molar-refractivity contribution in [2.24, 2.45) is 9.98 Å². The number of dihydropyridines is 2. The molecule has 8 nitrogen and oxygen atoms in total. The molecule has 3 aliphatic rings. The molecule has 2 N–H and O–H groups in total. The average molecular weight is 396 g/mol. The van der Waals surface area contributed by atoms with Gasteiger partial charge in [0, 0.05) is 14.1 Å². The molecule has 0 saturated heterocycles. The third-order valence-corrected chi connectivity index (χ3v) is 4.84. The average Bonchev–Trinajstić information content (AvgIpc) is 2.78. The third kappa shape index (κ3) is 3.46. The van der Waals surface area contributed by atoms with Gasteiger partial charge in [-0.1, -0.05) is 24.3 Å². The van der Waals surface area contributed by atoms with Gasteiger partial charge in [0.15, 0.2) is 5.82 Å². The first-order valence-corrected chi connectivity index (χ1v) is 9.55. The van der Waals surface area contributed by atoms with Gasteiger partial charge in [0.05, 0.1) is 0 Å². The zero-order chi connectivity index (χ0) is 20.5. The van der Waals surface area contributed by atoms with Crippen molar-refractivity contribution < 1.29 is 0 Å². The maximum atomic E-state index is 4.82. The summed E-state index contributed by atoms with van der Waals surface area (Å²) >= 11 is 0. The van der Waals surface area contributed by atoms with E-state index in [1.165, 1.54) is 0 Å². The van der Waals surface area contributed by atoms with E-state index in [4.69, 9.17) is 4.98 Å². The zero-order valence-electron chi connectivity index (χ0n) is 16.6. The van der Waals surface area contributed by atoms with Gasteiger partial charge in [-0.05, 0) is 48.6 Å². The lowest BCUT2D eigenvalue weighted by molar-refractivity contribution is 0.935. The predicted molar refractivity (Wildman–Crippen MR) is 120 cm³/mol. The summed E-state index contributed by atoms with van der Waals surface area (Å²) in [5, 5.41) is 6.59. The smallest absolute Gasteiger partial charge is 0.156 e. The normalized spacial score (nSPS) is 17.3. The van der Waals surface area contributed by atoms with E-state index in [0.717, 1.165) is 23.3 Å². The second kappa shape index (κ2) is 7.32. The Bertz CT molecular complexity index is 1190. The maximum Gasteiger partial charge on any atom is 0.156 e. The van der Waals surface area contributed by atoms with Gasteiger partial charge < -0.3 is 20.4 Å². The topological polar surface area (TPSA) is 81.0 Å². The van der Waals surface area contributed by atoms with Gasteiger partial charge >= 0.3 is 0 Å². The van der Waals surface area contributed by atoms with Gasteiger partial charge in [0.2, 0.25) is 0 Å². The van der Waals surface area contributed by atoms with Crippen molar-refractivity contribution in [1.29, 1.82) is 0 Å². The molecule has 0 unspecified atom stereocenters. The van der Waals surface area contributed by atoms with Crippen LogP contribution in [0, 0.1) is 0 Å². The van der Waals surface area contributed by atoms with Crippen LogP contribution in [0.3, 0.4) is 0 Å². The summed E-state index contributed by atoms with van der Waals surface area (Å²) < 4.78 is 0. The van der Waals surface area contributed by atoms with Crippen LogP contribution in [0.25, 0.3) is 0 Å². The number of allylic oxidation sites excluding steroid dienone is 4. The molecule has 0 aromatic carbocycles. The van der Waals surface area contributed by atoms with Crippen molar-refractivity contribution in [1.82, 2.24) is 20.6 Å². The SMILES string of the molecule is CN1C2=CC=CC(=NC3=CC=CC(=Nc4cccc(n4)N(C)c4cccc1n4)N3)N2. The van der Waals surface area contributed by atoms with Crippen LogP contribution >= 0.6 is 0 Å². The second-order valence-corrected chi connectivity index (χ2v) is 6.89. The molecule has 0 fully saturated rings. The number of nitrogens with zero attached hydrogens (tertiary/aromatic N) is 6. The van der Waals surface area contributed by atoms with Crippen LogP contribution in [0.1, 0.15) is 0 Å². The first-order chi connectivity index (χ1) is 14.7. The third-order valence-electron chi connectivity index (χ3n) is 4.84. The highest BCUT2D eigenvalue weighted by Crippen LogP contribution is 2.25. The highest BCUT2D eigenvalue weighted by Gasteiger charge is 2.16. The second-order valence-electron chi connectivity index (χ2n) is 6.89. The Morgan fingerprint density at radius 3 is 2.20 bits per heavy atom. The Balaban J connectivity index is 1.65.